The lowest BCUT2D eigenvalue weighted by atomic mass is 9.94. The standard InChI is InChI=1S/C34H40N6O7/c1-3-22-18-27(32(41)37-24-8-6-23(7-9-24)31(35)39-44)26(19-29(22)45-2)25-10-11-28(33(42)36-20-21-4-5-21)38-30(25)34(43)47-17-14-40-12-15-46-16-13-40/h3,6-11,18-19,21,33,36,42,44H,1,4-5,12-17,20H2,2H3,(H2,35,39)(H,37,41). The van der Waals surface area contributed by atoms with Crippen LogP contribution in [0.2, 0.25) is 0 Å². The van der Waals surface area contributed by atoms with Gasteiger partial charge in [0.05, 0.1) is 26.0 Å². The Hall–Kier alpha value is -4.82. The number of amidine groups is 1. The first-order valence-electron chi connectivity index (χ1n) is 15.4. The number of aliphatic hydroxyl groups excluding tert-OH is 1. The van der Waals surface area contributed by atoms with Crippen LogP contribution in [0.4, 0.5) is 5.69 Å². The molecule has 1 unspecified atom stereocenters. The van der Waals surface area contributed by atoms with E-state index in [9.17, 15) is 14.7 Å². The van der Waals surface area contributed by atoms with Gasteiger partial charge in [-0.05, 0) is 67.3 Å². The second-order valence-electron chi connectivity index (χ2n) is 11.3. The van der Waals surface area contributed by atoms with Gasteiger partial charge >= 0.3 is 5.97 Å². The van der Waals surface area contributed by atoms with Crippen LogP contribution in [0.15, 0.2) is 60.3 Å². The van der Waals surface area contributed by atoms with Crippen LogP contribution in [0, 0.1) is 5.92 Å². The first-order valence-corrected chi connectivity index (χ1v) is 15.4. The SMILES string of the molecule is C=Cc1cc(C(=O)Nc2ccc(/C(N)=N/O)cc2)c(-c2ccc(C(O)NCC3CC3)nc2C(=O)OCCN2CCOCC2)cc1OC. The van der Waals surface area contributed by atoms with Gasteiger partial charge in [-0.1, -0.05) is 17.8 Å². The Morgan fingerprint density at radius 3 is 2.57 bits per heavy atom. The van der Waals surface area contributed by atoms with Gasteiger partial charge in [0, 0.05) is 59.7 Å². The van der Waals surface area contributed by atoms with Crippen molar-refractivity contribution in [3.63, 3.8) is 0 Å². The number of pyridine rings is 1. The maximum atomic E-state index is 13.8. The van der Waals surface area contributed by atoms with E-state index in [-0.39, 0.29) is 29.4 Å². The average Bonchev–Trinajstić information content (AvgIpc) is 3.95. The molecule has 2 fully saturated rings. The van der Waals surface area contributed by atoms with Gasteiger partial charge in [0.2, 0.25) is 0 Å². The third-order valence-electron chi connectivity index (χ3n) is 8.10. The van der Waals surface area contributed by atoms with Gasteiger partial charge < -0.3 is 35.6 Å². The zero-order valence-electron chi connectivity index (χ0n) is 26.3. The summed E-state index contributed by atoms with van der Waals surface area (Å²) in [6, 6.07) is 13.0. The molecule has 3 aromatic rings. The molecule has 2 aliphatic rings. The van der Waals surface area contributed by atoms with E-state index in [0.29, 0.717) is 65.9 Å². The number of esters is 1. The highest BCUT2D eigenvalue weighted by atomic mass is 16.5. The molecule has 47 heavy (non-hydrogen) atoms. The smallest absolute Gasteiger partial charge is 0.357 e. The Kier molecular flexibility index (Phi) is 11.2. The lowest BCUT2D eigenvalue weighted by molar-refractivity contribution is 0.0193. The summed E-state index contributed by atoms with van der Waals surface area (Å²) in [5, 5.41) is 28.8. The third-order valence-corrected chi connectivity index (χ3v) is 8.10. The van der Waals surface area contributed by atoms with Crippen molar-refractivity contribution in [2.45, 2.75) is 19.1 Å². The molecule has 1 saturated heterocycles. The predicted molar refractivity (Wildman–Crippen MR) is 176 cm³/mol. The van der Waals surface area contributed by atoms with Crippen molar-refractivity contribution in [1.29, 1.82) is 0 Å². The third kappa shape index (κ3) is 8.51. The summed E-state index contributed by atoms with van der Waals surface area (Å²) in [5.74, 6) is -0.298. The van der Waals surface area contributed by atoms with Crippen LogP contribution < -0.4 is 21.1 Å². The number of carbonyl (C=O) groups is 2. The molecule has 2 aromatic carbocycles. The number of aliphatic hydroxyl groups is 1. The van der Waals surface area contributed by atoms with Crippen molar-refractivity contribution in [3.05, 3.63) is 83.2 Å². The van der Waals surface area contributed by atoms with Crippen LogP contribution in [0.1, 0.15) is 56.7 Å². The number of benzene rings is 2. The lowest BCUT2D eigenvalue weighted by Gasteiger charge is -2.26. The number of morpholine rings is 1. The quantitative estimate of drug-likeness (QED) is 0.0434. The van der Waals surface area contributed by atoms with Gasteiger partial charge in [0.25, 0.3) is 5.91 Å². The van der Waals surface area contributed by atoms with E-state index in [1.807, 2.05) is 0 Å². The molecule has 0 spiro atoms. The highest BCUT2D eigenvalue weighted by molar-refractivity contribution is 6.11. The number of nitrogens with one attached hydrogen (secondary N) is 2. The van der Waals surface area contributed by atoms with Gasteiger partial charge in [-0.3, -0.25) is 15.0 Å². The zero-order valence-corrected chi connectivity index (χ0v) is 26.3. The van der Waals surface area contributed by atoms with Crippen molar-refractivity contribution in [2.75, 3.05) is 58.4 Å². The van der Waals surface area contributed by atoms with Crippen LogP contribution in [0.3, 0.4) is 0 Å². The molecule has 2 heterocycles. The number of carbonyl (C=O) groups excluding carboxylic acids is 2. The van der Waals surface area contributed by atoms with Crippen LogP contribution >= 0.6 is 0 Å². The van der Waals surface area contributed by atoms with Gasteiger partial charge in [-0.2, -0.15) is 0 Å². The number of aromatic nitrogens is 1. The van der Waals surface area contributed by atoms with Crippen LogP contribution in [0.5, 0.6) is 5.75 Å². The van der Waals surface area contributed by atoms with Crippen molar-refractivity contribution in [2.24, 2.45) is 16.8 Å². The minimum absolute atomic E-state index is 0.0534. The van der Waals surface area contributed by atoms with Crippen LogP contribution in [-0.2, 0) is 9.47 Å². The number of oxime groups is 1. The summed E-state index contributed by atoms with van der Waals surface area (Å²) < 4.78 is 16.7. The summed E-state index contributed by atoms with van der Waals surface area (Å²) in [7, 11) is 1.50. The molecule has 6 N–H and O–H groups in total. The van der Waals surface area contributed by atoms with E-state index in [2.05, 4.69) is 32.3 Å². The number of hydrogen-bond acceptors (Lipinski definition) is 11. The molecule has 13 nitrogen and oxygen atoms in total. The molecule has 0 radical (unpaired) electrons. The summed E-state index contributed by atoms with van der Waals surface area (Å²) in [6.45, 7) is 7.87. The number of nitrogens with zero attached hydrogens (tertiary/aromatic N) is 3. The number of methoxy groups -OCH3 is 1. The number of amides is 1. The van der Waals surface area contributed by atoms with Gasteiger partial charge in [0.1, 0.15) is 18.6 Å². The molecular weight excluding hydrogens is 604 g/mol. The van der Waals surface area contributed by atoms with E-state index in [4.69, 9.17) is 25.2 Å². The highest BCUT2D eigenvalue weighted by Crippen LogP contribution is 2.35. The largest absolute Gasteiger partial charge is 0.496 e. The molecule has 248 valence electrons. The second kappa shape index (κ2) is 15.6. The number of ether oxygens (including phenoxy) is 3. The fourth-order valence-electron chi connectivity index (χ4n) is 5.19. The molecule has 1 atom stereocenters. The molecule has 1 saturated carbocycles. The Morgan fingerprint density at radius 1 is 1.17 bits per heavy atom. The average molecular weight is 645 g/mol. The number of nitrogens with two attached hydrogens (primary N) is 1. The number of rotatable bonds is 14. The predicted octanol–water partition coefficient (Wildman–Crippen LogP) is 3.23. The number of hydrogen-bond donors (Lipinski definition) is 5. The van der Waals surface area contributed by atoms with Gasteiger partial charge in [-0.15, -0.1) is 0 Å². The van der Waals surface area contributed by atoms with E-state index in [1.165, 1.54) is 7.11 Å². The topological polar surface area (TPSA) is 181 Å². The Labute approximate surface area is 273 Å². The lowest BCUT2D eigenvalue weighted by Crippen LogP contribution is -2.38. The summed E-state index contributed by atoms with van der Waals surface area (Å²) in [5.41, 5.74) is 8.24. The highest BCUT2D eigenvalue weighted by Gasteiger charge is 2.26. The normalized spacial score (nSPS) is 15.9. The van der Waals surface area contributed by atoms with Crippen LogP contribution in [0.25, 0.3) is 17.2 Å². The van der Waals surface area contributed by atoms with Gasteiger partial charge in [0.15, 0.2) is 11.5 Å². The summed E-state index contributed by atoms with van der Waals surface area (Å²) in [6.07, 6.45) is 2.68. The van der Waals surface area contributed by atoms with Crippen LogP contribution in [-0.4, -0.2) is 91.0 Å². The molecule has 1 aromatic heterocycles. The minimum atomic E-state index is -1.10. The molecule has 1 aliphatic heterocycles. The summed E-state index contributed by atoms with van der Waals surface area (Å²) in [4.78, 5) is 34.2. The zero-order chi connectivity index (χ0) is 33.3. The minimum Gasteiger partial charge on any atom is -0.496 e. The van der Waals surface area contributed by atoms with Crippen molar-refractivity contribution in [3.8, 4) is 16.9 Å². The molecule has 0 bridgehead atoms. The fraction of sp³-hybridized carbons (Fsp3) is 0.353. The molecule has 13 heteroatoms. The number of anilines is 1. The maximum Gasteiger partial charge on any atom is 0.357 e. The molecule has 1 aliphatic carbocycles. The fourth-order valence-corrected chi connectivity index (χ4v) is 5.19. The monoisotopic (exact) mass is 644 g/mol. The van der Waals surface area contributed by atoms with E-state index < -0.39 is 18.1 Å². The van der Waals surface area contributed by atoms with Crippen molar-refractivity contribution >= 4 is 29.5 Å². The van der Waals surface area contributed by atoms with E-state index >= 15 is 0 Å². The maximum absolute atomic E-state index is 13.8. The Morgan fingerprint density at radius 2 is 1.91 bits per heavy atom. The first kappa shape index (κ1) is 33.5. The first-order chi connectivity index (χ1) is 22.8. The van der Waals surface area contributed by atoms with Crippen molar-refractivity contribution in [1.82, 2.24) is 15.2 Å². The molecule has 5 rings (SSSR count). The molecular formula is C34H40N6O7. The van der Waals surface area contributed by atoms with Gasteiger partial charge in [-0.25, -0.2) is 9.78 Å². The van der Waals surface area contributed by atoms with E-state index in [0.717, 1.165) is 25.9 Å². The molecule has 1 amide bonds. The van der Waals surface area contributed by atoms with E-state index in [1.54, 1.807) is 54.6 Å². The van der Waals surface area contributed by atoms with Crippen molar-refractivity contribution < 1.29 is 34.1 Å². The Balaban J connectivity index is 1.50. The summed E-state index contributed by atoms with van der Waals surface area (Å²) >= 11 is 0. The Bertz CT molecular complexity index is 1620. The second-order valence-corrected chi connectivity index (χ2v) is 11.3.